The third-order valence-electron chi connectivity index (χ3n) is 8.80. The topological polar surface area (TPSA) is 60.7 Å². The van der Waals surface area contributed by atoms with E-state index in [9.17, 15) is 15.3 Å². The molecule has 3 aliphatic rings. The van der Waals surface area contributed by atoms with Crippen LogP contribution in [0.4, 0.5) is 0 Å². The molecule has 0 unspecified atom stereocenters. The Balaban J connectivity index is 1.72. The quantitative estimate of drug-likeness (QED) is 0.477. The summed E-state index contributed by atoms with van der Waals surface area (Å²) in [4.78, 5) is 0. The molecule has 3 rings (SSSR count). The molecular weight excluding hydrogens is 384 g/mol. The van der Waals surface area contributed by atoms with Gasteiger partial charge in [0.15, 0.2) is 0 Å². The summed E-state index contributed by atoms with van der Waals surface area (Å²) in [6, 6.07) is 0. The van der Waals surface area contributed by atoms with Crippen LogP contribution < -0.4 is 0 Å². The summed E-state index contributed by atoms with van der Waals surface area (Å²) in [6.07, 6.45) is 14.4. The Bertz CT molecular complexity index is 723. The molecule has 31 heavy (non-hydrogen) atoms. The molecule has 3 aliphatic carbocycles. The van der Waals surface area contributed by atoms with Crippen LogP contribution >= 0.6 is 0 Å². The predicted molar refractivity (Wildman–Crippen MR) is 129 cm³/mol. The largest absolute Gasteiger partial charge is 0.393 e. The molecule has 3 heteroatoms. The highest BCUT2D eigenvalue weighted by Crippen LogP contribution is 2.60. The number of aliphatic hydroxyl groups is 3. The van der Waals surface area contributed by atoms with E-state index in [-0.39, 0.29) is 0 Å². The molecule has 0 aromatic rings. The third kappa shape index (κ3) is 5.54. The normalized spacial score (nSPS) is 40.4. The zero-order valence-electron chi connectivity index (χ0n) is 20.6. The summed E-state index contributed by atoms with van der Waals surface area (Å²) in [5, 5.41) is 30.8. The fourth-order valence-electron chi connectivity index (χ4n) is 7.03. The second-order valence-corrected chi connectivity index (χ2v) is 12.0. The first-order valence-electron chi connectivity index (χ1n) is 12.6. The maximum Gasteiger partial charge on any atom is 0.0890 e. The van der Waals surface area contributed by atoms with E-state index in [1.807, 2.05) is 13.8 Å². The van der Waals surface area contributed by atoms with E-state index >= 15 is 0 Å². The molecule has 3 nitrogen and oxygen atoms in total. The predicted octanol–water partition coefficient (Wildman–Crippen LogP) is 6.09. The van der Waals surface area contributed by atoms with Crippen LogP contribution in [0.25, 0.3) is 0 Å². The van der Waals surface area contributed by atoms with Gasteiger partial charge >= 0.3 is 0 Å². The van der Waals surface area contributed by atoms with E-state index in [1.54, 1.807) is 12.5 Å². The van der Waals surface area contributed by atoms with E-state index in [2.05, 4.69) is 32.6 Å². The zero-order valence-corrected chi connectivity index (χ0v) is 20.6. The molecule has 0 aromatic heterocycles. The van der Waals surface area contributed by atoms with Crippen molar-refractivity contribution in [1.29, 1.82) is 0 Å². The summed E-state index contributed by atoms with van der Waals surface area (Å²) in [6.45, 7) is 14.7. The first kappa shape index (κ1) is 24.7. The molecule has 3 saturated carbocycles. The van der Waals surface area contributed by atoms with Crippen LogP contribution in [0.5, 0.6) is 0 Å². The van der Waals surface area contributed by atoms with Crippen molar-refractivity contribution in [2.75, 3.05) is 0 Å². The van der Waals surface area contributed by atoms with E-state index < -0.39 is 17.3 Å². The van der Waals surface area contributed by atoms with Crippen LogP contribution in [0.2, 0.25) is 0 Å². The Morgan fingerprint density at radius 1 is 1.23 bits per heavy atom. The minimum absolute atomic E-state index is 0.366. The van der Waals surface area contributed by atoms with E-state index in [4.69, 9.17) is 0 Å². The maximum atomic E-state index is 10.6. The first-order valence-corrected chi connectivity index (χ1v) is 12.6. The Kier molecular flexibility index (Phi) is 7.30. The van der Waals surface area contributed by atoms with Gasteiger partial charge in [-0.05, 0) is 100 Å². The van der Waals surface area contributed by atoms with Crippen molar-refractivity contribution in [1.82, 2.24) is 0 Å². The number of aliphatic hydroxyl groups excluding tert-OH is 1. The van der Waals surface area contributed by atoms with Gasteiger partial charge in [0.05, 0.1) is 17.3 Å². The molecule has 3 fully saturated rings. The molecule has 0 heterocycles. The lowest BCUT2D eigenvalue weighted by molar-refractivity contribution is 0.0204. The molecule has 176 valence electrons. The molecule has 6 atom stereocenters. The summed E-state index contributed by atoms with van der Waals surface area (Å²) in [5.74, 6) is 2.09. The van der Waals surface area contributed by atoms with Crippen LogP contribution in [-0.4, -0.2) is 32.6 Å². The Hall–Kier alpha value is -0.900. The summed E-state index contributed by atoms with van der Waals surface area (Å²) in [5.41, 5.74) is 2.11. The minimum atomic E-state index is -1.01. The summed E-state index contributed by atoms with van der Waals surface area (Å²) >= 11 is 0. The van der Waals surface area contributed by atoms with Gasteiger partial charge in [0.1, 0.15) is 0 Å². The molecule has 0 spiro atoms. The van der Waals surface area contributed by atoms with Crippen molar-refractivity contribution in [3.63, 3.8) is 0 Å². The number of allylic oxidation sites excluding steroid dienone is 3. The third-order valence-corrected chi connectivity index (χ3v) is 8.80. The fraction of sp³-hybridized carbons (Fsp3) is 0.786. The monoisotopic (exact) mass is 430 g/mol. The maximum absolute atomic E-state index is 10.6. The molecular formula is C28H46O3. The van der Waals surface area contributed by atoms with Crippen LogP contribution in [0.15, 0.2) is 35.5 Å². The molecule has 0 saturated heterocycles. The number of hydrogen-bond acceptors (Lipinski definition) is 3. The Morgan fingerprint density at radius 3 is 2.61 bits per heavy atom. The number of rotatable bonds is 6. The lowest BCUT2D eigenvalue weighted by Crippen LogP contribution is -2.37. The minimum Gasteiger partial charge on any atom is -0.393 e. The molecule has 0 aromatic carbocycles. The second-order valence-electron chi connectivity index (χ2n) is 12.0. The lowest BCUT2D eigenvalue weighted by atomic mass is 9.60. The van der Waals surface area contributed by atoms with Crippen molar-refractivity contribution in [2.45, 2.75) is 116 Å². The van der Waals surface area contributed by atoms with E-state index in [0.717, 1.165) is 36.3 Å². The highest BCUT2D eigenvalue weighted by molar-refractivity contribution is 5.41. The van der Waals surface area contributed by atoms with Gasteiger partial charge in [0, 0.05) is 6.42 Å². The number of fused-ring (bicyclic) bond motifs is 1. The van der Waals surface area contributed by atoms with Gasteiger partial charge in [-0.2, -0.15) is 0 Å². The van der Waals surface area contributed by atoms with E-state index in [0.29, 0.717) is 30.1 Å². The van der Waals surface area contributed by atoms with Crippen molar-refractivity contribution in [3.8, 4) is 0 Å². The Morgan fingerprint density at radius 2 is 1.94 bits per heavy atom. The molecule has 0 radical (unpaired) electrons. The highest BCUT2D eigenvalue weighted by Gasteiger charge is 2.50. The molecule has 0 aliphatic heterocycles. The van der Waals surface area contributed by atoms with Gasteiger partial charge in [0.2, 0.25) is 0 Å². The first-order chi connectivity index (χ1) is 14.3. The highest BCUT2D eigenvalue weighted by atomic mass is 16.3. The van der Waals surface area contributed by atoms with Gasteiger partial charge < -0.3 is 15.3 Å². The van der Waals surface area contributed by atoms with Crippen molar-refractivity contribution >= 4 is 0 Å². The lowest BCUT2D eigenvalue weighted by Gasteiger charge is -2.44. The molecule has 0 bridgehead atoms. The Labute approximate surface area is 190 Å². The van der Waals surface area contributed by atoms with Crippen molar-refractivity contribution < 1.29 is 15.3 Å². The standard InChI is InChI=1S/C28H46O3/c1-19(9-7-15-26(3,4)30)24-13-14-25-21(10-8-16-27(24,25)5)11-12-22-17-23(29)18-28(6,31)20(22)2/h11-12,19,23-25,29-31H,2,7-10,13-18H2,1,3-6H3/b21-11+,22-12-/t19-,23+,24+,25-,27+,28+/m0/s1. The molecule has 3 N–H and O–H groups in total. The van der Waals surface area contributed by atoms with Gasteiger partial charge in [-0.15, -0.1) is 0 Å². The SMILES string of the molecule is C=C1/C(=C\C=C2/CCC[C@]3(C)[C@@H]([C@@H](C)CCCC(C)(C)O)CC[C@@H]23)C[C@@H](O)C[C@@]1(C)O. The van der Waals surface area contributed by atoms with Gasteiger partial charge in [-0.25, -0.2) is 0 Å². The molecule has 0 amide bonds. The smallest absolute Gasteiger partial charge is 0.0890 e. The zero-order chi connectivity index (χ0) is 23.0. The van der Waals surface area contributed by atoms with Gasteiger partial charge in [-0.3, -0.25) is 0 Å². The van der Waals surface area contributed by atoms with Crippen LogP contribution in [0.3, 0.4) is 0 Å². The average Bonchev–Trinajstić information content (AvgIpc) is 2.99. The summed E-state index contributed by atoms with van der Waals surface area (Å²) in [7, 11) is 0. The van der Waals surface area contributed by atoms with Crippen molar-refractivity contribution in [2.24, 2.45) is 23.2 Å². The summed E-state index contributed by atoms with van der Waals surface area (Å²) < 4.78 is 0. The number of hydrogen-bond donors (Lipinski definition) is 3. The average molecular weight is 431 g/mol. The van der Waals surface area contributed by atoms with Crippen LogP contribution in [0.1, 0.15) is 98.8 Å². The van der Waals surface area contributed by atoms with Crippen LogP contribution in [0, 0.1) is 23.2 Å². The second kappa shape index (κ2) is 9.15. The van der Waals surface area contributed by atoms with Crippen LogP contribution in [-0.2, 0) is 0 Å². The van der Waals surface area contributed by atoms with Gasteiger partial charge in [-0.1, -0.05) is 51.0 Å². The van der Waals surface area contributed by atoms with Gasteiger partial charge in [0.25, 0.3) is 0 Å². The van der Waals surface area contributed by atoms with E-state index in [1.165, 1.54) is 32.1 Å². The fourth-order valence-corrected chi connectivity index (χ4v) is 7.03. The van der Waals surface area contributed by atoms with Crippen molar-refractivity contribution in [3.05, 3.63) is 35.5 Å².